The standard InChI is InChI=1S/C9H9BrClNO4/c10-4-8(13)9(14)5-1-2-6(11)7(3-5)12(15)16/h1-3,8-9,13-14H,4H2. The second-order valence-corrected chi connectivity index (χ2v) is 4.19. The SMILES string of the molecule is O=[N+]([O-])c1cc(C(O)C(O)CBr)ccc1Cl. The fourth-order valence-corrected chi connectivity index (χ4v) is 1.70. The van der Waals surface area contributed by atoms with E-state index < -0.39 is 17.1 Å². The molecule has 0 aliphatic carbocycles. The highest BCUT2D eigenvalue weighted by Gasteiger charge is 2.21. The molecule has 0 amide bonds. The first-order valence-electron chi connectivity index (χ1n) is 4.33. The van der Waals surface area contributed by atoms with E-state index in [-0.39, 0.29) is 21.6 Å². The topological polar surface area (TPSA) is 83.6 Å². The zero-order chi connectivity index (χ0) is 12.3. The minimum absolute atomic E-state index is 0.00529. The van der Waals surface area contributed by atoms with Crippen LogP contribution in [0, 0.1) is 10.1 Å². The van der Waals surface area contributed by atoms with Gasteiger partial charge >= 0.3 is 0 Å². The molecule has 0 bridgehead atoms. The Morgan fingerprint density at radius 3 is 2.62 bits per heavy atom. The van der Waals surface area contributed by atoms with Crippen LogP contribution in [0.2, 0.25) is 5.02 Å². The smallest absolute Gasteiger partial charge is 0.288 e. The van der Waals surface area contributed by atoms with Gasteiger partial charge < -0.3 is 10.2 Å². The number of halogens is 2. The Balaban J connectivity index is 3.07. The van der Waals surface area contributed by atoms with Crippen molar-refractivity contribution >= 4 is 33.2 Å². The lowest BCUT2D eigenvalue weighted by Gasteiger charge is -2.15. The predicted octanol–water partition coefficient (Wildman–Crippen LogP) is 2.04. The van der Waals surface area contributed by atoms with Crippen molar-refractivity contribution in [2.75, 3.05) is 5.33 Å². The molecule has 2 N–H and O–H groups in total. The quantitative estimate of drug-likeness (QED) is 0.506. The van der Waals surface area contributed by atoms with E-state index in [0.29, 0.717) is 0 Å². The van der Waals surface area contributed by atoms with E-state index in [1.807, 2.05) is 0 Å². The molecule has 7 heteroatoms. The summed E-state index contributed by atoms with van der Waals surface area (Å²) in [6.07, 6.45) is -2.21. The fraction of sp³-hybridized carbons (Fsp3) is 0.333. The summed E-state index contributed by atoms with van der Waals surface area (Å²) in [4.78, 5) is 9.96. The van der Waals surface area contributed by atoms with Crippen molar-refractivity contribution in [3.05, 3.63) is 38.9 Å². The summed E-state index contributed by atoms with van der Waals surface area (Å²) in [5.41, 5.74) is -0.0389. The maximum atomic E-state index is 10.6. The van der Waals surface area contributed by atoms with E-state index in [1.54, 1.807) is 0 Å². The van der Waals surface area contributed by atoms with Gasteiger partial charge in [0.15, 0.2) is 0 Å². The van der Waals surface area contributed by atoms with Crippen LogP contribution in [0.4, 0.5) is 5.69 Å². The first kappa shape index (κ1) is 13.4. The summed E-state index contributed by atoms with van der Waals surface area (Å²) >= 11 is 8.62. The molecule has 0 saturated heterocycles. The van der Waals surface area contributed by atoms with E-state index in [0.717, 1.165) is 6.07 Å². The third-order valence-electron chi connectivity index (χ3n) is 2.03. The maximum absolute atomic E-state index is 10.6. The highest BCUT2D eigenvalue weighted by atomic mass is 79.9. The monoisotopic (exact) mass is 309 g/mol. The summed E-state index contributed by atoms with van der Waals surface area (Å²) < 4.78 is 0. The molecule has 88 valence electrons. The molecular formula is C9H9BrClNO4. The first-order chi connectivity index (χ1) is 7.47. The summed E-state index contributed by atoms with van der Waals surface area (Å²) in [5.74, 6) is 0. The number of aliphatic hydroxyl groups is 2. The van der Waals surface area contributed by atoms with Crippen LogP contribution >= 0.6 is 27.5 Å². The van der Waals surface area contributed by atoms with Crippen LogP contribution in [-0.2, 0) is 0 Å². The fourth-order valence-electron chi connectivity index (χ4n) is 1.16. The molecule has 1 aromatic carbocycles. The molecule has 5 nitrogen and oxygen atoms in total. The molecule has 2 atom stereocenters. The summed E-state index contributed by atoms with van der Waals surface area (Å²) in [6, 6.07) is 3.91. The second kappa shape index (κ2) is 5.58. The van der Waals surface area contributed by atoms with Crippen molar-refractivity contribution in [3.63, 3.8) is 0 Å². The molecule has 0 saturated carbocycles. The Hall–Kier alpha value is -0.690. The van der Waals surface area contributed by atoms with Gasteiger partial charge in [0.25, 0.3) is 5.69 Å². The lowest BCUT2D eigenvalue weighted by atomic mass is 10.1. The minimum Gasteiger partial charge on any atom is -0.389 e. The zero-order valence-electron chi connectivity index (χ0n) is 8.01. The molecule has 0 aromatic heterocycles. The number of alkyl halides is 1. The number of benzene rings is 1. The van der Waals surface area contributed by atoms with Gasteiger partial charge in [-0.3, -0.25) is 10.1 Å². The molecule has 0 heterocycles. The van der Waals surface area contributed by atoms with E-state index >= 15 is 0 Å². The minimum atomic E-state index is -1.18. The Kier molecular flexibility index (Phi) is 4.67. The third-order valence-corrected chi connectivity index (χ3v) is 3.01. The molecule has 16 heavy (non-hydrogen) atoms. The van der Waals surface area contributed by atoms with E-state index in [9.17, 15) is 20.3 Å². The molecule has 1 aromatic rings. The number of nitro benzene ring substituents is 1. The Morgan fingerprint density at radius 1 is 1.50 bits per heavy atom. The molecule has 0 aliphatic heterocycles. The highest BCUT2D eigenvalue weighted by molar-refractivity contribution is 9.09. The summed E-state index contributed by atoms with van der Waals surface area (Å²) in [7, 11) is 0. The van der Waals surface area contributed by atoms with Gasteiger partial charge in [-0.05, 0) is 11.6 Å². The second-order valence-electron chi connectivity index (χ2n) is 3.13. The Labute approximate surface area is 105 Å². The number of rotatable bonds is 4. The average Bonchev–Trinajstić information content (AvgIpc) is 2.27. The van der Waals surface area contributed by atoms with Crippen LogP contribution in [0.5, 0.6) is 0 Å². The van der Waals surface area contributed by atoms with Gasteiger partial charge in [0.05, 0.1) is 11.0 Å². The maximum Gasteiger partial charge on any atom is 0.288 e. The first-order valence-corrected chi connectivity index (χ1v) is 5.83. The lowest BCUT2D eigenvalue weighted by Crippen LogP contribution is -2.19. The van der Waals surface area contributed by atoms with Crippen LogP contribution in [0.3, 0.4) is 0 Å². The van der Waals surface area contributed by atoms with Gasteiger partial charge in [0.2, 0.25) is 0 Å². The van der Waals surface area contributed by atoms with Crippen molar-refractivity contribution in [1.82, 2.24) is 0 Å². The summed E-state index contributed by atoms with van der Waals surface area (Å²) in [5, 5.41) is 29.8. The molecule has 2 unspecified atom stereocenters. The van der Waals surface area contributed by atoms with Crippen molar-refractivity contribution in [3.8, 4) is 0 Å². The average molecular weight is 311 g/mol. The van der Waals surface area contributed by atoms with Crippen LogP contribution in [0.25, 0.3) is 0 Å². The summed E-state index contributed by atoms with van der Waals surface area (Å²) in [6.45, 7) is 0. The van der Waals surface area contributed by atoms with E-state index in [1.165, 1.54) is 12.1 Å². The molecule has 0 spiro atoms. The highest BCUT2D eigenvalue weighted by Crippen LogP contribution is 2.29. The van der Waals surface area contributed by atoms with Crippen molar-refractivity contribution < 1.29 is 15.1 Å². The molecular weight excluding hydrogens is 301 g/mol. The molecule has 0 radical (unpaired) electrons. The van der Waals surface area contributed by atoms with Crippen molar-refractivity contribution in [1.29, 1.82) is 0 Å². The number of nitro groups is 1. The number of aliphatic hydroxyl groups excluding tert-OH is 2. The van der Waals surface area contributed by atoms with Gasteiger partial charge in [0.1, 0.15) is 11.1 Å². The lowest BCUT2D eigenvalue weighted by molar-refractivity contribution is -0.384. The van der Waals surface area contributed by atoms with E-state index in [2.05, 4.69) is 15.9 Å². The number of nitrogens with zero attached hydrogens (tertiary/aromatic N) is 1. The Bertz CT molecular complexity index is 401. The predicted molar refractivity (Wildman–Crippen MR) is 62.9 cm³/mol. The Morgan fingerprint density at radius 2 is 2.12 bits per heavy atom. The zero-order valence-corrected chi connectivity index (χ0v) is 10.3. The normalized spacial score (nSPS) is 14.5. The van der Waals surface area contributed by atoms with Gasteiger partial charge in [-0.25, -0.2) is 0 Å². The number of hydrogen-bond donors (Lipinski definition) is 2. The third kappa shape index (κ3) is 2.91. The van der Waals surface area contributed by atoms with E-state index in [4.69, 9.17) is 11.6 Å². The molecule has 0 fully saturated rings. The molecule has 0 aliphatic rings. The number of hydrogen-bond acceptors (Lipinski definition) is 4. The van der Waals surface area contributed by atoms with Crippen LogP contribution < -0.4 is 0 Å². The van der Waals surface area contributed by atoms with Crippen molar-refractivity contribution in [2.45, 2.75) is 12.2 Å². The van der Waals surface area contributed by atoms with Crippen molar-refractivity contribution in [2.24, 2.45) is 0 Å². The molecule has 1 rings (SSSR count). The van der Waals surface area contributed by atoms with Crippen LogP contribution in [0.15, 0.2) is 18.2 Å². The van der Waals surface area contributed by atoms with Gasteiger partial charge in [-0.15, -0.1) is 0 Å². The van der Waals surface area contributed by atoms with Gasteiger partial charge in [-0.2, -0.15) is 0 Å². The van der Waals surface area contributed by atoms with Gasteiger partial charge in [0, 0.05) is 11.4 Å². The van der Waals surface area contributed by atoms with Crippen LogP contribution in [0.1, 0.15) is 11.7 Å². The van der Waals surface area contributed by atoms with Gasteiger partial charge in [-0.1, -0.05) is 33.6 Å². The largest absolute Gasteiger partial charge is 0.389 e. The van der Waals surface area contributed by atoms with Crippen LogP contribution in [-0.4, -0.2) is 26.6 Å².